The number of fused-ring (bicyclic) bond motifs is 1. The van der Waals surface area contributed by atoms with Gasteiger partial charge in [0.2, 0.25) is 0 Å². The van der Waals surface area contributed by atoms with Gasteiger partial charge in [0.05, 0.1) is 6.04 Å². The number of ether oxygens (including phenoxy) is 1. The quantitative estimate of drug-likeness (QED) is 0.583. The van der Waals surface area contributed by atoms with Crippen LogP contribution in [0.2, 0.25) is 0 Å². The molecule has 5 heteroatoms. The number of amides is 1. The van der Waals surface area contributed by atoms with Gasteiger partial charge in [-0.1, -0.05) is 37.6 Å². The second-order valence-corrected chi connectivity index (χ2v) is 8.22. The van der Waals surface area contributed by atoms with Crippen LogP contribution < -0.4 is 5.32 Å². The van der Waals surface area contributed by atoms with Gasteiger partial charge in [0.1, 0.15) is 4.88 Å². The van der Waals surface area contributed by atoms with Gasteiger partial charge >= 0.3 is 5.97 Å². The smallest absolute Gasteiger partial charge is 0.348 e. The number of esters is 1. The lowest BCUT2D eigenvalue weighted by Gasteiger charge is -2.14. The van der Waals surface area contributed by atoms with E-state index < -0.39 is 5.97 Å². The molecule has 0 bridgehead atoms. The lowest BCUT2D eigenvalue weighted by atomic mass is 10.1. The summed E-state index contributed by atoms with van der Waals surface area (Å²) in [5.41, 5.74) is 3.58. The van der Waals surface area contributed by atoms with E-state index in [0.29, 0.717) is 4.88 Å². The van der Waals surface area contributed by atoms with E-state index >= 15 is 0 Å². The van der Waals surface area contributed by atoms with E-state index in [1.54, 1.807) is 0 Å². The van der Waals surface area contributed by atoms with E-state index in [1.165, 1.54) is 46.6 Å². The zero-order valence-electron chi connectivity index (χ0n) is 16.0. The minimum atomic E-state index is -0.400. The summed E-state index contributed by atoms with van der Waals surface area (Å²) in [4.78, 5) is 26.3. The molecule has 0 radical (unpaired) electrons. The number of aryl methyl sites for hydroxylation is 3. The molecule has 1 amide bonds. The Bertz CT molecular complexity index is 771. The molecule has 0 spiro atoms. The van der Waals surface area contributed by atoms with Crippen LogP contribution in [-0.2, 0) is 28.8 Å². The molecule has 1 aromatic heterocycles. The van der Waals surface area contributed by atoms with Crippen molar-refractivity contribution in [2.75, 3.05) is 6.61 Å². The number of rotatable bonds is 6. The molecule has 1 N–H and O–H groups in total. The molecule has 1 heterocycles. The van der Waals surface area contributed by atoms with E-state index in [-0.39, 0.29) is 18.6 Å². The summed E-state index contributed by atoms with van der Waals surface area (Å²) >= 11 is 1.52. The highest BCUT2D eigenvalue weighted by atomic mass is 32.1. The van der Waals surface area contributed by atoms with Crippen molar-refractivity contribution in [3.8, 4) is 0 Å². The van der Waals surface area contributed by atoms with Crippen LogP contribution >= 0.6 is 11.3 Å². The van der Waals surface area contributed by atoms with Crippen LogP contribution in [0.5, 0.6) is 0 Å². The van der Waals surface area contributed by atoms with Gasteiger partial charge in [-0.05, 0) is 61.8 Å². The molecule has 1 atom stereocenters. The standard InChI is InChI=1S/C22H27NO3S/c1-3-16-9-11-17(12-10-16)15(2)23-21(24)14-26-22(25)20-13-18-7-5-4-6-8-19(18)27-20/h9-13,15H,3-8,14H2,1-2H3,(H,23,24)/t15-/m0/s1. The molecule has 0 aliphatic heterocycles. The molecule has 2 aromatic rings. The Morgan fingerprint density at radius 3 is 2.63 bits per heavy atom. The van der Waals surface area contributed by atoms with E-state index in [1.807, 2.05) is 25.1 Å². The summed E-state index contributed by atoms with van der Waals surface area (Å²) in [5.74, 6) is -0.684. The van der Waals surface area contributed by atoms with Crippen LogP contribution in [0.1, 0.15) is 70.4 Å². The summed E-state index contributed by atoms with van der Waals surface area (Å²) in [6, 6.07) is 10.0. The average molecular weight is 386 g/mol. The van der Waals surface area contributed by atoms with Crippen molar-refractivity contribution < 1.29 is 14.3 Å². The number of hydrogen-bond donors (Lipinski definition) is 1. The zero-order valence-corrected chi connectivity index (χ0v) is 16.9. The summed E-state index contributed by atoms with van der Waals surface area (Å²) in [6.45, 7) is 3.79. The van der Waals surface area contributed by atoms with Gasteiger partial charge < -0.3 is 10.1 Å². The Morgan fingerprint density at radius 1 is 1.15 bits per heavy atom. The Hall–Kier alpha value is -2.14. The third kappa shape index (κ3) is 5.19. The predicted octanol–water partition coefficient (Wildman–Crippen LogP) is 4.61. The molecular formula is C22H27NO3S. The molecule has 0 fully saturated rings. The highest BCUT2D eigenvalue weighted by Crippen LogP contribution is 2.29. The first-order valence-corrected chi connectivity index (χ1v) is 10.6. The molecule has 4 nitrogen and oxygen atoms in total. The number of carbonyl (C=O) groups excluding carboxylic acids is 2. The van der Waals surface area contributed by atoms with Crippen LogP contribution in [-0.4, -0.2) is 18.5 Å². The van der Waals surface area contributed by atoms with Gasteiger partial charge in [0.25, 0.3) is 5.91 Å². The number of thiophene rings is 1. The normalized spacial score (nSPS) is 14.7. The number of carbonyl (C=O) groups is 2. The minimum absolute atomic E-state index is 0.125. The van der Waals surface area contributed by atoms with Crippen molar-refractivity contribution in [3.05, 3.63) is 56.8 Å². The van der Waals surface area contributed by atoms with Gasteiger partial charge in [0.15, 0.2) is 6.61 Å². The van der Waals surface area contributed by atoms with Gasteiger partial charge in [-0.3, -0.25) is 4.79 Å². The van der Waals surface area contributed by atoms with E-state index in [4.69, 9.17) is 4.74 Å². The number of nitrogens with one attached hydrogen (secondary N) is 1. The summed E-state index contributed by atoms with van der Waals surface area (Å²) < 4.78 is 5.23. The molecule has 1 aliphatic carbocycles. The molecule has 0 saturated heterocycles. The first-order chi connectivity index (χ1) is 13.1. The maximum atomic E-state index is 12.3. The van der Waals surface area contributed by atoms with Crippen molar-refractivity contribution in [3.63, 3.8) is 0 Å². The largest absolute Gasteiger partial charge is 0.451 e. The van der Waals surface area contributed by atoms with E-state index in [0.717, 1.165) is 24.8 Å². The first kappa shape index (κ1) is 19.6. The van der Waals surface area contributed by atoms with Crippen molar-refractivity contribution in [2.24, 2.45) is 0 Å². The van der Waals surface area contributed by atoms with Crippen LogP contribution in [0.25, 0.3) is 0 Å². The highest BCUT2D eigenvalue weighted by molar-refractivity contribution is 7.14. The van der Waals surface area contributed by atoms with Gasteiger partial charge in [-0.15, -0.1) is 11.3 Å². The number of benzene rings is 1. The van der Waals surface area contributed by atoms with E-state index in [2.05, 4.69) is 24.4 Å². The Morgan fingerprint density at radius 2 is 1.89 bits per heavy atom. The Labute approximate surface area is 164 Å². The maximum absolute atomic E-state index is 12.3. The molecule has 1 aliphatic rings. The fourth-order valence-electron chi connectivity index (χ4n) is 3.38. The van der Waals surface area contributed by atoms with Gasteiger partial charge in [0, 0.05) is 4.88 Å². The molecule has 1 aromatic carbocycles. The summed E-state index contributed by atoms with van der Waals surface area (Å²) in [7, 11) is 0. The third-order valence-corrected chi connectivity index (χ3v) is 6.26. The second kappa shape index (κ2) is 9.18. The Balaban J connectivity index is 1.50. The van der Waals surface area contributed by atoms with Gasteiger partial charge in [-0.2, -0.15) is 0 Å². The van der Waals surface area contributed by atoms with Crippen LogP contribution in [0, 0.1) is 0 Å². The third-order valence-electron chi connectivity index (χ3n) is 5.05. The van der Waals surface area contributed by atoms with Crippen molar-refractivity contribution in [2.45, 2.75) is 58.4 Å². The topological polar surface area (TPSA) is 55.4 Å². The van der Waals surface area contributed by atoms with Crippen molar-refractivity contribution in [1.82, 2.24) is 5.32 Å². The van der Waals surface area contributed by atoms with Crippen molar-refractivity contribution in [1.29, 1.82) is 0 Å². The van der Waals surface area contributed by atoms with Crippen molar-refractivity contribution >= 4 is 23.2 Å². The first-order valence-electron chi connectivity index (χ1n) is 9.73. The molecule has 3 rings (SSSR count). The van der Waals surface area contributed by atoms with Crippen LogP contribution in [0.3, 0.4) is 0 Å². The predicted molar refractivity (Wildman–Crippen MR) is 108 cm³/mol. The fraction of sp³-hybridized carbons (Fsp3) is 0.455. The van der Waals surface area contributed by atoms with E-state index in [9.17, 15) is 9.59 Å². The molecule has 0 unspecified atom stereocenters. The van der Waals surface area contributed by atoms with Crippen LogP contribution in [0.4, 0.5) is 0 Å². The molecular weight excluding hydrogens is 358 g/mol. The van der Waals surface area contributed by atoms with Gasteiger partial charge in [-0.25, -0.2) is 4.79 Å². The Kier molecular flexibility index (Phi) is 6.67. The number of hydrogen-bond acceptors (Lipinski definition) is 4. The zero-order chi connectivity index (χ0) is 19.2. The molecule has 27 heavy (non-hydrogen) atoms. The monoisotopic (exact) mass is 385 g/mol. The summed E-state index contributed by atoms with van der Waals surface area (Å²) in [5, 5.41) is 2.88. The fourth-order valence-corrected chi connectivity index (χ4v) is 4.53. The lowest BCUT2D eigenvalue weighted by molar-refractivity contribution is -0.124. The molecule has 0 saturated carbocycles. The minimum Gasteiger partial charge on any atom is -0.451 e. The lowest BCUT2D eigenvalue weighted by Crippen LogP contribution is -2.31. The highest BCUT2D eigenvalue weighted by Gasteiger charge is 2.18. The molecule has 144 valence electrons. The summed E-state index contributed by atoms with van der Waals surface area (Å²) in [6.07, 6.45) is 6.68. The maximum Gasteiger partial charge on any atom is 0.348 e. The van der Waals surface area contributed by atoms with Crippen LogP contribution in [0.15, 0.2) is 30.3 Å². The second-order valence-electron chi connectivity index (χ2n) is 7.08. The average Bonchev–Trinajstić information content (AvgIpc) is 2.96. The SMILES string of the molecule is CCc1ccc([C@H](C)NC(=O)COC(=O)c2cc3c(s2)CCCCC3)cc1.